The van der Waals surface area contributed by atoms with Crippen molar-refractivity contribution in [1.82, 2.24) is 19.7 Å². The van der Waals surface area contributed by atoms with Crippen molar-refractivity contribution in [2.45, 2.75) is 19.4 Å². The lowest BCUT2D eigenvalue weighted by atomic mass is 10.2. The van der Waals surface area contributed by atoms with Crippen molar-refractivity contribution >= 4 is 17.2 Å². The minimum Gasteiger partial charge on any atom is -0.352 e. The molecule has 6 nitrogen and oxygen atoms in total. The van der Waals surface area contributed by atoms with Gasteiger partial charge in [0.05, 0.1) is 5.52 Å². The standard InChI is InChI=1S/C18H18FN5O/c1-12-21-16(15-6-2-3-9-24(12)15)18(25)22-13-7-10-23(11-13)17-14(19)5-4-8-20-17/h2-6,8-9,13H,7,10-11H2,1H3,(H,22,25). The van der Waals surface area contributed by atoms with Crippen LogP contribution in [-0.4, -0.2) is 39.4 Å². The molecule has 1 saturated heterocycles. The first-order valence-electron chi connectivity index (χ1n) is 8.23. The lowest BCUT2D eigenvalue weighted by Crippen LogP contribution is -2.37. The number of fused-ring (bicyclic) bond motifs is 1. The van der Waals surface area contributed by atoms with Crippen molar-refractivity contribution in [1.29, 1.82) is 0 Å². The molecule has 0 aromatic carbocycles. The number of nitrogens with zero attached hydrogens (tertiary/aromatic N) is 4. The number of nitrogens with one attached hydrogen (secondary N) is 1. The third-order valence-electron chi connectivity index (χ3n) is 4.50. The van der Waals surface area contributed by atoms with Gasteiger partial charge in [0.2, 0.25) is 0 Å². The Labute approximate surface area is 144 Å². The Hall–Kier alpha value is -2.96. The summed E-state index contributed by atoms with van der Waals surface area (Å²) in [5.74, 6) is 0.558. The van der Waals surface area contributed by atoms with Gasteiger partial charge >= 0.3 is 0 Å². The van der Waals surface area contributed by atoms with Crippen LogP contribution in [0.1, 0.15) is 22.7 Å². The Bertz CT molecular complexity index is 938. The van der Waals surface area contributed by atoms with Gasteiger partial charge in [-0.05, 0) is 37.6 Å². The van der Waals surface area contributed by atoms with E-state index in [4.69, 9.17) is 0 Å². The van der Waals surface area contributed by atoms with Crippen LogP contribution in [0.3, 0.4) is 0 Å². The average molecular weight is 339 g/mol. The van der Waals surface area contributed by atoms with Gasteiger partial charge in [-0.15, -0.1) is 0 Å². The highest BCUT2D eigenvalue weighted by Gasteiger charge is 2.27. The van der Waals surface area contributed by atoms with Gasteiger partial charge in [-0.25, -0.2) is 14.4 Å². The zero-order chi connectivity index (χ0) is 17.4. The predicted molar refractivity (Wildman–Crippen MR) is 92.2 cm³/mol. The third-order valence-corrected chi connectivity index (χ3v) is 4.50. The first-order valence-corrected chi connectivity index (χ1v) is 8.23. The molecule has 0 aliphatic carbocycles. The largest absolute Gasteiger partial charge is 0.352 e. The van der Waals surface area contributed by atoms with Crippen LogP contribution >= 0.6 is 0 Å². The third kappa shape index (κ3) is 2.82. The van der Waals surface area contributed by atoms with E-state index in [2.05, 4.69) is 15.3 Å². The second-order valence-electron chi connectivity index (χ2n) is 6.18. The summed E-state index contributed by atoms with van der Waals surface area (Å²) in [5, 5.41) is 3.01. The number of hydrogen-bond donors (Lipinski definition) is 1. The zero-order valence-electron chi connectivity index (χ0n) is 13.8. The van der Waals surface area contributed by atoms with E-state index in [1.807, 2.05) is 40.6 Å². The minimum atomic E-state index is -0.342. The zero-order valence-corrected chi connectivity index (χ0v) is 13.8. The summed E-state index contributed by atoms with van der Waals surface area (Å²) in [6.45, 7) is 3.05. The molecular formula is C18H18FN5O. The normalized spacial score (nSPS) is 17.2. The highest BCUT2D eigenvalue weighted by molar-refractivity contribution is 5.99. The lowest BCUT2D eigenvalue weighted by Gasteiger charge is -2.18. The Balaban J connectivity index is 1.49. The smallest absolute Gasteiger partial charge is 0.272 e. The number of rotatable bonds is 3. The highest BCUT2D eigenvalue weighted by atomic mass is 19.1. The first-order chi connectivity index (χ1) is 12.1. The van der Waals surface area contributed by atoms with Crippen LogP contribution in [0, 0.1) is 12.7 Å². The van der Waals surface area contributed by atoms with E-state index in [0.717, 1.165) is 17.8 Å². The monoisotopic (exact) mass is 339 g/mol. The molecule has 0 saturated carbocycles. The summed E-state index contributed by atoms with van der Waals surface area (Å²) in [4.78, 5) is 23.0. The molecule has 7 heteroatoms. The molecule has 3 aromatic rings. The molecule has 0 radical (unpaired) electrons. The maximum absolute atomic E-state index is 13.9. The van der Waals surface area contributed by atoms with Gasteiger partial charge in [-0.2, -0.15) is 0 Å². The molecule has 0 bridgehead atoms. The Morgan fingerprint density at radius 1 is 1.32 bits per heavy atom. The molecule has 3 aromatic heterocycles. The van der Waals surface area contributed by atoms with Crippen molar-refractivity contribution < 1.29 is 9.18 Å². The first kappa shape index (κ1) is 15.6. The molecule has 128 valence electrons. The number of hydrogen-bond acceptors (Lipinski definition) is 4. The van der Waals surface area contributed by atoms with Crippen LogP contribution in [-0.2, 0) is 0 Å². The summed E-state index contributed by atoms with van der Waals surface area (Å²) < 4.78 is 15.8. The number of imidazole rings is 1. The summed E-state index contributed by atoms with van der Waals surface area (Å²) in [7, 11) is 0. The summed E-state index contributed by atoms with van der Waals surface area (Å²) in [6.07, 6.45) is 4.20. The van der Waals surface area contributed by atoms with Gasteiger partial charge in [0.15, 0.2) is 17.3 Å². The van der Waals surface area contributed by atoms with E-state index in [-0.39, 0.29) is 17.8 Å². The van der Waals surface area contributed by atoms with E-state index < -0.39 is 0 Å². The molecule has 1 amide bonds. The topological polar surface area (TPSA) is 62.5 Å². The molecule has 4 heterocycles. The van der Waals surface area contributed by atoms with Crippen LogP contribution < -0.4 is 10.2 Å². The van der Waals surface area contributed by atoms with E-state index in [9.17, 15) is 9.18 Å². The van der Waals surface area contributed by atoms with Crippen molar-refractivity contribution in [2.24, 2.45) is 0 Å². The number of aryl methyl sites for hydroxylation is 1. The quantitative estimate of drug-likeness (QED) is 0.794. The lowest BCUT2D eigenvalue weighted by molar-refractivity contribution is 0.0937. The van der Waals surface area contributed by atoms with Crippen LogP contribution in [0.25, 0.3) is 5.52 Å². The molecule has 1 atom stereocenters. The molecule has 1 unspecified atom stereocenters. The Morgan fingerprint density at radius 2 is 2.20 bits per heavy atom. The van der Waals surface area contributed by atoms with Crippen molar-refractivity contribution in [3.05, 3.63) is 60.1 Å². The fraction of sp³-hybridized carbons (Fsp3) is 0.278. The van der Waals surface area contributed by atoms with Crippen molar-refractivity contribution in [3.8, 4) is 0 Å². The van der Waals surface area contributed by atoms with Crippen molar-refractivity contribution in [2.75, 3.05) is 18.0 Å². The van der Waals surface area contributed by atoms with Crippen LogP contribution in [0.2, 0.25) is 0 Å². The maximum atomic E-state index is 13.9. The van der Waals surface area contributed by atoms with Gasteiger partial charge in [-0.3, -0.25) is 4.79 Å². The molecule has 1 aliphatic rings. The number of carbonyl (C=O) groups is 1. The molecule has 25 heavy (non-hydrogen) atoms. The van der Waals surface area contributed by atoms with E-state index in [1.54, 1.807) is 12.3 Å². The Kier molecular flexibility index (Phi) is 3.83. The van der Waals surface area contributed by atoms with Crippen LogP contribution in [0.4, 0.5) is 10.2 Å². The number of aromatic nitrogens is 3. The fourth-order valence-electron chi connectivity index (χ4n) is 3.29. The summed E-state index contributed by atoms with van der Waals surface area (Å²) >= 11 is 0. The van der Waals surface area contributed by atoms with Crippen molar-refractivity contribution in [3.63, 3.8) is 0 Å². The van der Waals surface area contributed by atoms with Gasteiger partial charge in [-0.1, -0.05) is 6.07 Å². The number of carbonyl (C=O) groups excluding carboxylic acids is 1. The van der Waals surface area contributed by atoms with Crippen LogP contribution in [0.15, 0.2) is 42.7 Å². The SMILES string of the molecule is Cc1nc(C(=O)NC2CCN(c3ncccc3F)C2)c2ccccn12. The number of anilines is 1. The molecule has 4 rings (SSSR count). The summed E-state index contributed by atoms with van der Waals surface area (Å²) in [5.41, 5.74) is 1.20. The molecule has 1 aliphatic heterocycles. The number of halogens is 1. The predicted octanol–water partition coefficient (Wildman–Crippen LogP) is 2.19. The van der Waals surface area contributed by atoms with E-state index in [1.165, 1.54) is 6.07 Å². The van der Waals surface area contributed by atoms with Gasteiger partial charge in [0, 0.05) is 31.5 Å². The number of amides is 1. The average Bonchev–Trinajstić information content (AvgIpc) is 3.21. The molecule has 1 fully saturated rings. The van der Waals surface area contributed by atoms with Gasteiger partial charge in [0.1, 0.15) is 5.82 Å². The Morgan fingerprint density at radius 3 is 3.04 bits per heavy atom. The highest BCUT2D eigenvalue weighted by Crippen LogP contribution is 2.21. The maximum Gasteiger partial charge on any atom is 0.272 e. The molecule has 0 spiro atoms. The van der Waals surface area contributed by atoms with Gasteiger partial charge < -0.3 is 14.6 Å². The fourth-order valence-corrected chi connectivity index (χ4v) is 3.29. The molecular weight excluding hydrogens is 321 g/mol. The van der Waals surface area contributed by atoms with E-state index in [0.29, 0.717) is 24.6 Å². The van der Waals surface area contributed by atoms with Gasteiger partial charge in [0.25, 0.3) is 5.91 Å². The number of pyridine rings is 2. The summed E-state index contributed by atoms with van der Waals surface area (Å²) in [6, 6.07) is 8.57. The second-order valence-corrected chi connectivity index (χ2v) is 6.18. The molecule has 1 N–H and O–H groups in total. The van der Waals surface area contributed by atoms with E-state index >= 15 is 0 Å². The minimum absolute atomic E-state index is 0.0605. The van der Waals surface area contributed by atoms with Crippen LogP contribution in [0.5, 0.6) is 0 Å². The second kappa shape index (κ2) is 6.16.